The molecule has 0 unspecified atom stereocenters. The predicted molar refractivity (Wildman–Crippen MR) is 86.3 cm³/mol. The summed E-state index contributed by atoms with van der Waals surface area (Å²) in [6.45, 7) is 1.71. The maximum Gasteiger partial charge on any atom is 0.278 e. The number of amides is 1. The van der Waals surface area contributed by atoms with Crippen LogP contribution in [0.15, 0.2) is 53.1 Å². The number of nitrogens with zero attached hydrogens (tertiary/aromatic N) is 1. The molecule has 0 atom stereocenters. The molecular weight excluding hydrogens is 330 g/mol. The molecule has 1 heterocycles. The lowest BCUT2D eigenvalue weighted by atomic mass is 10.2. The minimum atomic E-state index is -0.879. The van der Waals surface area contributed by atoms with E-state index in [1.54, 1.807) is 19.1 Å². The smallest absolute Gasteiger partial charge is 0.278 e. The molecule has 25 heavy (non-hydrogen) atoms. The average molecular weight is 344 g/mol. The van der Waals surface area contributed by atoms with Gasteiger partial charge in [-0.3, -0.25) is 4.79 Å². The van der Waals surface area contributed by atoms with E-state index in [1.807, 2.05) is 18.2 Å². The maximum atomic E-state index is 13.7. The summed E-state index contributed by atoms with van der Waals surface area (Å²) in [5.74, 6) is -1.24. The lowest BCUT2D eigenvalue weighted by Gasteiger charge is -2.08. The van der Waals surface area contributed by atoms with Crippen LogP contribution in [0, 0.1) is 18.6 Å². The molecule has 7 heteroatoms. The van der Waals surface area contributed by atoms with Crippen LogP contribution in [0.1, 0.15) is 21.8 Å². The number of nitrogens with one attached hydrogen (secondary N) is 1. The van der Waals surface area contributed by atoms with Crippen LogP contribution in [-0.4, -0.2) is 11.1 Å². The van der Waals surface area contributed by atoms with Gasteiger partial charge in [-0.1, -0.05) is 23.4 Å². The van der Waals surface area contributed by atoms with Gasteiger partial charge in [0.1, 0.15) is 29.8 Å². The minimum absolute atomic E-state index is 0.0165. The van der Waals surface area contributed by atoms with E-state index >= 15 is 0 Å². The lowest BCUT2D eigenvalue weighted by molar-refractivity contribution is 0.101. The fourth-order valence-corrected chi connectivity index (χ4v) is 2.18. The summed E-state index contributed by atoms with van der Waals surface area (Å²) in [6.07, 6.45) is 0. The first-order valence-electron chi connectivity index (χ1n) is 7.44. The van der Waals surface area contributed by atoms with E-state index in [2.05, 4.69) is 10.5 Å². The van der Waals surface area contributed by atoms with Crippen LogP contribution in [-0.2, 0) is 6.61 Å². The molecule has 0 spiro atoms. The van der Waals surface area contributed by atoms with Gasteiger partial charge in [0.25, 0.3) is 5.91 Å². The Balaban J connectivity index is 1.77. The molecule has 0 aliphatic rings. The van der Waals surface area contributed by atoms with E-state index in [0.29, 0.717) is 23.1 Å². The Bertz CT molecular complexity index is 895. The van der Waals surface area contributed by atoms with Crippen molar-refractivity contribution in [1.29, 1.82) is 0 Å². The van der Waals surface area contributed by atoms with Gasteiger partial charge in [0.15, 0.2) is 5.69 Å². The molecule has 3 aromatic rings. The Hall–Kier alpha value is -3.22. The number of anilines is 1. The van der Waals surface area contributed by atoms with Crippen molar-refractivity contribution >= 4 is 11.6 Å². The molecule has 1 N–H and O–H groups in total. The molecule has 0 bridgehead atoms. The Morgan fingerprint density at radius 2 is 1.96 bits per heavy atom. The van der Waals surface area contributed by atoms with Gasteiger partial charge in [-0.15, -0.1) is 0 Å². The maximum absolute atomic E-state index is 13.7. The van der Waals surface area contributed by atoms with Crippen LogP contribution >= 0.6 is 0 Å². The fourth-order valence-electron chi connectivity index (χ4n) is 2.18. The first-order chi connectivity index (χ1) is 12.0. The predicted octanol–water partition coefficient (Wildman–Crippen LogP) is 4.09. The van der Waals surface area contributed by atoms with Crippen LogP contribution in [0.3, 0.4) is 0 Å². The number of ether oxygens (including phenoxy) is 1. The van der Waals surface area contributed by atoms with Crippen LogP contribution in [0.5, 0.6) is 5.75 Å². The van der Waals surface area contributed by atoms with Crippen molar-refractivity contribution in [1.82, 2.24) is 5.16 Å². The van der Waals surface area contributed by atoms with Crippen molar-refractivity contribution in [3.8, 4) is 5.75 Å². The van der Waals surface area contributed by atoms with Gasteiger partial charge in [-0.2, -0.15) is 0 Å². The first-order valence-corrected chi connectivity index (χ1v) is 7.44. The van der Waals surface area contributed by atoms with E-state index in [9.17, 15) is 13.6 Å². The molecular formula is C18H14F2N2O3. The van der Waals surface area contributed by atoms with Crippen LogP contribution in [0.2, 0.25) is 0 Å². The normalized spacial score (nSPS) is 10.5. The third-order valence-electron chi connectivity index (χ3n) is 3.51. The molecule has 0 saturated carbocycles. The summed E-state index contributed by atoms with van der Waals surface area (Å²) in [5.41, 5.74) is 0.281. The second-order valence-electron chi connectivity index (χ2n) is 5.25. The monoisotopic (exact) mass is 344 g/mol. The van der Waals surface area contributed by atoms with Gasteiger partial charge in [0.2, 0.25) is 0 Å². The third-order valence-corrected chi connectivity index (χ3v) is 3.51. The zero-order valence-corrected chi connectivity index (χ0v) is 13.3. The number of aryl methyl sites for hydroxylation is 1. The Morgan fingerprint density at radius 3 is 2.68 bits per heavy atom. The number of benzene rings is 2. The summed E-state index contributed by atoms with van der Waals surface area (Å²) >= 11 is 0. The quantitative estimate of drug-likeness (QED) is 0.757. The van der Waals surface area contributed by atoms with E-state index in [1.165, 1.54) is 0 Å². The van der Waals surface area contributed by atoms with Crippen LogP contribution in [0.4, 0.5) is 14.5 Å². The molecule has 0 radical (unpaired) electrons. The molecule has 1 aromatic heterocycles. The zero-order valence-electron chi connectivity index (χ0n) is 13.3. The first kappa shape index (κ1) is 16.6. The molecule has 0 aliphatic heterocycles. The van der Waals surface area contributed by atoms with Gasteiger partial charge >= 0.3 is 0 Å². The number of hydrogen-bond acceptors (Lipinski definition) is 4. The summed E-state index contributed by atoms with van der Waals surface area (Å²) in [4.78, 5) is 12.3. The van der Waals surface area contributed by atoms with Crippen molar-refractivity contribution in [2.75, 3.05) is 5.32 Å². The average Bonchev–Trinajstić information content (AvgIpc) is 2.97. The van der Waals surface area contributed by atoms with E-state index < -0.39 is 17.5 Å². The molecule has 0 aliphatic carbocycles. The van der Waals surface area contributed by atoms with Crippen LogP contribution < -0.4 is 10.1 Å². The molecule has 3 rings (SSSR count). The van der Waals surface area contributed by atoms with Crippen molar-refractivity contribution in [2.45, 2.75) is 13.5 Å². The highest BCUT2D eigenvalue weighted by molar-refractivity contribution is 6.03. The van der Waals surface area contributed by atoms with E-state index in [4.69, 9.17) is 9.26 Å². The van der Waals surface area contributed by atoms with Crippen molar-refractivity contribution in [3.05, 3.63) is 77.2 Å². The van der Waals surface area contributed by atoms with Gasteiger partial charge in [-0.25, -0.2) is 8.78 Å². The third kappa shape index (κ3) is 3.82. The van der Waals surface area contributed by atoms with Gasteiger partial charge in [0, 0.05) is 6.07 Å². The SMILES string of the molecule is Cc1onc(C(=O)Nc2ccc(F)cc2F)c1COc1ccccc1. The topological polar surface area (TPSA) is 64.4 Å². The van der Waals surface area contributed by atoms with Crippen molar-refractivity contribution in [2.24, 2.45) is 0 Å². The van der Waals surface area contributed by atoms with E-state index in [0.717, 1.165) is 12.1 Å². The number of halogens is 2. The number of para-hydroxylation sites is 1. The second-order valence-corrected chi connectivity index (χ2v) is 5.25. The Kier molecular flexibility index (Phi) is 4.74. The minimum Gasteiger partial charge on any atom is -0.489 e. The van der Waals surface area contributed by atoms with Gasteiger partial charge in [-0.05, 0) is 31.2 Å². The summed E-state index contributed by atoms with van der Waals surface area (Å²) in [5, 5.41) is 6.05. The number of aromatic nitrogens is 1. The molecule has 2 aromatic carbocycles. The highest BCUT2D eigenvalue weighted by atomic mass is 19.1. The Labute approximate surface area is 142 Å². The largest absolute Gasteiger partial charge is 0.489 e. The number of rotatable bonds is 5. The summed E-state index contributed by atoms with van der Waals surface area (Å²) in [6, 6.07) is 11.9. The molecule has 5 nitrogen and oxygen atoms in total. The summed E-state index contributed by atoms with van der Waals surface area (Å²) in [7, 11) is 0. The molecule has 1 amide bonds. The standard InChI is InChI=1S/C18H14F2N2O3/c1-11-14(10-24-13-5-3-2-4-6-13)17(22-25-11)18(23)21-16-8-7-12(19)9-15(16)20/h2-9H,10H2,1H3,(H,21,23). The summed E-state index contributed by atoms with van der Waals surface area (Å²) < 4.78 is 37.3. The van der Waals surface area contributed by atoms with Gasteiger partial charge in [0.05, 0.1) is 11.3 Å². The van der Waals surface area contributed by atoms with Gasteiger partial charge < -0.3 is 14.6 Å². The number of hydrogen-bond donors (Lipinski definition) is 1. The molecule has 0 saturated heterocycles. The Morgan fingerprint density at radius 1 is 1.20 bits per heavy atom. The van der Waals surface area contributed by atoms with E-state index in [-0.39, 0.29) is 18.0 Å². The van der Waals surface area contributed by atoms with Crippen LogP contribution in [0.25, 0.3) is 0 Å². The van der Waals surface area contributed by atoms with Crippen molar-refractivity contribution in [3.63, 3.8) is 0 Å². The fraction of sp³-hybridized carbons (Fsp3) is 0.111. The number of carbonyl (C=O) groups is 1. The zero-order chi connectivity index (χ0) is 17.8. The second kappa shape index (κ2) is 7.12. The number of carbonyl (C=O) groups excluding carboxylic acids is 1. The molecule has 0 fully saturated rings. The highest BCUT2D eigenvalue weighted by Crippen LogP contribution is 2.20. The highest BCUT2D eigenvalue weighted by Gasteiger charge is 2.21. The molecule has 128 valence electrons. The van der Waals surface area contributed by atoms with Crippen molar-refractivity contribution < 1.29 is 22.8 Å². The lowest BCUT2D eigenvalue weighted by Crippen LogP contribution is -2.16.